The van der Waals surface area contributed by atoms with Crippen molar-refractivity contribution in [3.8, 4) is 11.4 Å². The number of pyridine rings is 1. The molecule has 0 aliphatic carbocycles. The largest absolute Gasteiger partial charge is 0.339 e. The molecule has 0 aliphatic heterocycles. The van der Waals surface area contributed by atoms with Crippen LogP contribution in [0.4, 0.5) is 5.69 Å². The number of aryl methyl sites for hydroxylation is 1. The zero-order valence-electron chi connectivity index (χ0n) is 11.6. The number of nitrogens with zero attached hydrogens (tertiary/aromatic N) is 3. The predicted octanol–water partition coefficient (Wildman–Crippen LogP) is 3.35. The molecule has 0 saturated heterocycles. The lowest BCUT2D eigenvalue weighted by molar-refractivity contribution is 0.102. The van der Waals surface area contributed by atoms with Gasteiger partial charge in [-0.2, -0.15) is 4.98 Å². The number of anilines is 1. The Hall–Kier alpha value is -2.73. The fraction of sp³-hybridized carbons (Fsp3) is 0.0667. The number of hydrogen-bond donors (Lipinski definition) is 1. The number of hydrogen-bond acceptors (Lipinski definition) is 5. The maximum atomic E-state index is 12.0. The highest BCUT2D eigenvalue weighted by Gasteiger charge is 2.12. The Morgan fingerprint density at radius 2 is 2.18 bits per heavy atom. The molecule has 0 fully saturated rings. The fourth-order valence-electron chi connectivity index (χ4n) is 1.88. The molecular weight excluding hydrogens is 304 g/mol. The van der Waals surface area contributed by atoms with Crippen molar-refractivity contribution in [2.45, 2.75) is 6.92 Å². The van der Waals surface area contributed by atoms with Gasteiger partial charge in [0.15, 0.2) is 0 Å². The van der Waals surface area contributed by atoms with Gasteiger partial charge in [-0.1, -0.05) is 16.8 Å². The number of amides is 1. The first-order valence-electron chi connectivity index (χ1n) is 6.45. The van der Waals surface area contributed by atoms with Crippen molar-refractivity contribution >= 4 is 23.2 Å². The minimum atomic E-state index is -0.257. The van der Waals surface area contributed by atoms with Gasteiger partial charge in [0, 0.05) is 30.6 Å². The Morgan fingerprint density at radius 1 is 1.32 bits per heavy atom. The van der Waals surface area contributed by atoms with Crippen molar-refractivity contribution in [1.82, 2.24) is 15.1 Å². The van der Waals surface area contributed by atoms with Crippen molar-refractivity contribution in [2.75, 3.05) is 5.32 Å². The topological polar surface area (TPSA) is 80.9 Å². The monoisotopic (exact) mass is 314 g/mol. The number of carbonyl (C=O) groups excluding carboxylic acids is 1. The first-order valence-corrected chi connectivity index (χ1v) is 6.83. The third-order valence-corrected chi connectivity index (χ3v) is 3.23. The summed E-state index contributed by atoms with van der Waals surface area (Å²) in [7, 11) is 0. The van der Waals surface area contributed by atoms with Gasteiger partial charge in [-0.05, 0) is 30.3 Å². The first kappa shape index (κ1) is 14.2. The smallest absolute Gasteiger partial charge is 0.257 e. The molecule has 3 rings (SSSR count). The Balaban J connectivity index is 1.82. The number of rotatable bonds is 3. The lowest BCUT2D eigenvalue weighted by atomic mass is 10.2. The summed E-state index contributed by atoms with van der Waals surface area (Å²) in [6.45, 7) is 1.70. The summed E-state index contributed by atoms with van der Waals surface area (Å²) in [6.07, 6.45) is 3.10. The van der Waals surface area contributed by atoms with E-state index in [-0.39, 0.29) is 5.91 Å². The van der Waals surface area contributed by atoms with E-state index in [1.54, 1.807) is 43.5 Å². The summed E-state index contributed by atoms with van der Waals surface area (Å²) in [6, 6.07) is 8.47. The van der Waals surface area contributed by atoms with Gasteiger partial charge in [0.25, 0.3) is 5.91 Å². The molecule has 0 unspecified atom stereocenters. The molecule has 0 radical (unpaired) electrons. The average molecular weight is 315 g/mol. The number of aromatic nitrogens is 3. The van der Waals surface area contributed by atoms with Gasteiger partial charge in [-0.15, -0.1) is 0 Å². The second kappa shape index (κ2) is 5.95. The molecule has 0 aliphatic rings. The molecule has 1 aromatic carbocycles. The van der Waals surface area contributed by atoms with E-state index in [0.717, 1.165) is 0 Å². The molecule has 22 heavy (non-hydrogen) atoms. The van der Waals surface area contributed by atoms with Crippen molar-refractivity contribution in [3.05, 3.63) is 59.2 Å². The number of halogens is 1. The molecule has 1 amide bonds. The number of benzene rings is 1. The molecule has 0 saturated carbocycles. The predicted molar refractivity (Wildman–Crippen MR) is 81.7 cm³/mol. The highest BCUT2D eigenvalue weighted by Crippen LogP contribution is 2.28. The van der Waals surface area contributed by atoms with Gasteiger partial charge < -0.3 is 9.84 Å². The van der Waals surface area contributed by atoms with E-state index in [4.69, 9.17) is 16.1 Å². The van der Waals surface area contributed by atoms with E-state index in [1.807, 2.05) is 0 Å². The van der Waals surface area contributed by atoms with Crippen LogP contribution in [0.5, 0.6) is 0 Å². The van der Waals surface area contributed by atoms with Gasteiger partial charge in [-0.3, -0.25) is 9.78 Å². The maximum absolute atomic E-state index is 12.0. The zero-order valence-corrected chi connectivity index (χ0v) is 12.3. The molecule has 7 heteroatoms. The van der Waals surface area contributed by atoms with Gasteiger partial charge in [0.05, 0.1) is 10.6 Å². The Bertz CT molecular complexity index is 817. The number of nitrogens with one attached hydrogen (secondary N) is 1. The van der Waals surface area contributed by atoms with Crippen LogP contribution in [0.25, 0.3) is 11.4 Å². The Morgan fingerprint density at radius 3 is 2.82 bits per heavy atom. The van der Waals surface area contributed by atoms with Crippen molar-refractivity contribution in [2.24, 2.45) is 0 Å². The lowest BCUT2D eigenvalue weighted by Crippen LogP contribution is -2.11. The fourth-order valence-corrected chi connectivity index (χ4v) is 2.15. The van der Waals surface area contributed by atoms with Gasteiger partial charge in [0.1, 0.15) is 0 Å². The van der Waals surface area contributed by atoms with Gasteiger partial charge in [-0.25, -0.2) is 0 Å². The normalized spacial score (nSPS) is 10.5. The van der Waals surface area contributed by atoms with Crippen molar-refractivity contribution in [3.63, 3.8) is 0 Å². The van der Waals surface area contributed by atoms with Crippen LogP contribution in [-0.4, -0.2) is 21.0 Å². The Kier molecular flexibility index (Phi) is 3.84. The Labute approximate surface area is 131 Å². The van der Waals surface area contributed by atoms with Gasteiger partial charge >= 0.3 is 0 Å². The highest BCUT2D eigenvalue weighted by molar-refractivity contribution is 6.33. The third-order valence-electron chi connectivity index (χ3n) is 2.92. The van der Waals surface area contributed by atoms with Crippen molar-refractivity contribution < 1.29 is 9.32 Å². The van der Waals surface area contributed by atoms with E-state index in [9.17, 15) is 4.79 Å². The minimum Gasteiger partial charge on any atom is -0.339 e. The molecule has 0 atom stereocenters. The van der Waals surface area contributed by atoms with E-state index in [2.05, 4.69) is 20.4 Å². The second-order valence-electron chi connectivity index (χ2n) is 4.53. The van der Waals surface area contributed by atoms with Crippen LogP contribution >= 0.6 is 11.6 Å². The molecule has 110 valence electrons. The summed E-state index contributed by atoms with van der Waals surface area (Å²) < 4.78 is 4.93. The van der Waals surface area contributed by atoms with Crippen LogP contribution in [0.3, 0.4) is 0 Å². The van der Waals surface area contributed by atoms with Gasteiger partial charge in [0.2, 0.25) is 11.7 Å². The SMILES string of the molecule is Cc1nc(-c2ccc(NC(=O)c3cccnc3)cc2Cl)no1. The molecule has 0 spiro atoms. The average Bonchev–Trinajstić information content (AvgIpc) is 2.94. The highest BCUT2D eigenvalue weighted by atomic mass is 35.5. The minimum absolute atomic E-state index is 0.257. The van der Waals surface area contributed by atoms with Crippen LogP contribution in [-0.2, 0) is 0 Å². The molecule has 2 aromatic heterocycles. The van der Waals surface area contributed by atoms with Crippen LogP contribution < -0.4 is 5.32 Å². The lowest BCUT2D eigenvalue weighted by Gasteiger charge is -2.07. The van der Waals surface area contributed by atoms with Crippen molar-refractivity contribution in [1.29, 1.82) is 0 Å². The second-order valence-corrected chi connectivity index (χ2v) is 4.93. The summed E-state index contributed by atoms with van der Waals surface area (Å²) >= 11 is 6.22. The first-order chi connectivity index (χ1) is 10.6. The van der Waals surface area contributed by atoms with E-state index in [1.165, 1.54) is 6.20 Å². The van der Waals surface area contributed by atoms with E-state index >= 15 is 0 Å². The van der Waals surface area contributed by atoms with Crippen LogP contribution in [0, 0.1) is 6.92 Å². The standard InChI is InChI=1S/C15H11ClN4O2/c1-9-18-14(20-22-9)12-5-4-11(7-13(12)16)19-15(21)10-3-2-6-17-8-10/h2-8H,1H3,(H,19,21). The van der Waals surface area contributed by atoms with Crippen LogP contribution in [0.1, 0.15) is 16.2 Å². The molecule has 6 nitrogen and oxygen atoms in total. The maximum Gasteiger partial charge on any atom is 0.257 e. The molecule has 0 bridgehead atoms. The molecule has 2 heterocycles. The van der Waals surface area contributed by atoms with E-state index in [0.29, 0.717) is 33.6 Å². The molecule has 1 N–H and O–H groups in total. The van der Waals surface area contributed by atoms with Crippen LogP contribution in [0.2, 0.25) is 5.02 Å². The molecular formula is C15H11ClN4O2. The van der Waals surface area contributed by atoms with Crippen LogP contribution in [0.15, 0.2) is 47.2 Å². The summed E-state index contributed by atoms with van der Waals surface area (Å²) in [5.41, 5.74) is 1.68. The third kappa shape index (κ3) is 2.96. The summed E-state index contributed by atoms with van der Waals surface area (Å²) in [5.74, 6) is 0.611. The quantitative estimate of drug-likeness (QED) is 0.801. The molecule has 3 aromatic rings. The summed E-state index contributed by atoms with van der Waals surface area (Å²) in [4.78, 5) is 20.1. The zero-order chi connectivity index (χ0) is 15.5. The summed E-state index contributed by atoms with van der Waals surface area (Å²) in [5, 5.41) is 7.00. The van der Waals surface area contributed by atoms with E-state index < -0.39 is 0 Å². The number of carbonyl (C=O) groups is 1.